The van der Waals surface area contributed by atoms with Crippen molar-refractivity contribution in [2.75, 3.05) is 40.0 Å². The van der Waals surface area contributed by atoms with E-state index >= 15 is 0 Å². The maximum absolute atomic E-state index is 12.9. The molecule has 2 aliphatic rings. The lowest BCUT2D eigenvalue weighted by atomic mass is 10.0. The number of likely N-dealkylation sites (N-methyl/N-ethyl adjacent to an activating group) is 1. The standard InChI is InChI=1S/C19H27N3O4/c1-13(2)10-15(19(24)22-8-6-21(3)7-9-22)20-18(23)14-4-5-16-17(11-14)26-12-25-16/h4-5,11,13,15H,6-10,12H2,1-3H3,(H,20,23)/t15-/m0/s1. The number of piperazine rings is 1. The number of carbonyl (C=O) groups is 2. The van der Waals surface area contributed by atoms with E-state index in [0.717, 1.165) is 13.1 Å². The van der Waals surface area contributed by atoms with Crippen LogP contribution < -0.4 is 14.8 Å². The fraction of sp³-hybridized carbons (Fsp3) is 0.579. The van der Waals surface area contributed by atoms with Gasteiger partial charge in [-0.1, -0.05) is 13.8 Å². The summed E-state index contributed by atoms with van der Waals surface area (Å²) in [5, 5.41) is 2.92. The van der Waals surface area contributed by atoms with Gasteiger partial charge in [-0.25, -0.2) is 0 Å². The molecule has 1 aromatic rings. The summed E-state index contributed by atoms with van der Waals surface area (Å²) in [6, 6.07) is 4.55. The number of hydrogen-bond donors (Lipinski definition) is 1. The van der Waals surface area contributed by atoms with Crippen molar-refractivity contribution >= 4 is 11.8 Å². The highest BCUT2D eigenvalue weighted by Crippen LogP contribution is 2.32. The highest BCUT2D eigenvalue weighted by atomic mass is 16.7. The molecule has 2 amide bonds. The molecule has 0 aliphatic carbocycles. The molecule has 26 heavy (non-hydrogen) atoms. The maximum atomic E-state index is 12.9. The van der Waals surface area contributed by atoms with Crippen LogP contribution in [-0.2, 0) is 4.79 Å². The van der Waals surface area contributed by atoms with Gasteiger partial charge in [0.25, 0.3) is 5.91 Å². The average Bonchev–Trinajstić information content (AvgIpc) is 3.08. The molecule has 142 valence electrons. The fourth-order valence-corrected chi connectivity index (χ4v) is 3.22. The topological polar surface area (TPSA) is 71.1 Å². The van der Waals surface area contributed by atoms with Gasteiger partial charge in [-0.15, -0.1) is 0 Å². The van der Waals surface area contributed by atoms with Crippen LogP contribution in [0, 0.1) is 5.92 Å². The minimum atomic E-state index is -0.517. The second kappa shape index (κ2) is 7.95. The van der Waals surface area contributed by atoms with E-state index in [1.807, 2.05) is 4.90 Å². The van der Waals surface area contributed by atoms with Crippen LogP contribution in [0.25, 0.3) is 0 Å². The van der Waals surface area contributed by atoms with Crippen molar-refractivity contribution in [1.29, 1.82) is 0 Å². The van der Waals surface area contributed by atoms with Gasteiger partial charge in [0.15, 0.2) is 11.5 Å². The Labute approximate surface area is 154 Å². The first kappa shape index (κ1) is 18.5. The molecule has 1 saturated heterocycles. The van der Waals surface area contributed by atoms with E-state index in [1.54, 1.807) is 18.2 Å². The van der Waals surface area contributed by atoms with Crippen LogP contribution in [0.5, 0.6) is 11.5 Å². The Balaban J connectivity index is 1.69. The van der Waals surface area contributed by atoms with Crippen molar-refractivity contribution in [3.05, 3.63) is 23.8 Å². The van der Waals surface area contributed by atoms with E-state index in [2.05, 4.69) is 31.1 Å². The SMILES string of the molecule is CC(C)C[C@H](NC(=O)c1ccc2c(c1)OCO2)C(=O)N1CCN(C)CC1. The number of rotatable bonds is 5. The predicted molar refractivity (Wildman–Crippen MR) is 97.4 cm³/mol. The molecule has 0 spiro atoms. The van der Waals surface area contributed by atoms with Gasteiger partial charge < -0.3 is 24.6 Å². The van der Waals surface area contributed by atoms with Gasteiger partial charge >= 0.3 is 0 Å². The third-order valence-electron chi connectivity index (χ3n) is 4.76. The zero-order chi connectivity index (χ0) is 18.7. The lowest BCUT2D eigenvalue weighted by molar-refractivity contribution is -0.135. The first-order chi connectivity index (χ1) is 12.4. The Morgan fingerprint density at radius 2 is 1.81 bits per heavy atom. The number of ether oxygens (including phenoxy) is 2. The lowest BCUT2D eigenvalue weighted by Crippen LogP contribution is -2.54. The van der Waals surface area contributed by atoms with Gasteiger partial charge in [-0.05, 0) is 37.6 Å². The maximum Gasteiger partial charge on any atom is 0.252 e. The average molecular weight is 361 g/mol. The van der Waals surface area contributed by atoms with Crippen molar-refractivity contribution < 1.29 is 19.1 Å². The van der Waals surface area contributed by atoms with Gasteiger partial charge in [0, 0.05) is 31.7 Å². The summed E-state index contributed by atoms with van der Waals surface area (Å²) in [4.78, 5) is 29.7. The van der Waals surface area contributed by atoms with Crippen LogP contribution in [-0.4, -0.2) is 67.7 Å². The minimum absolute atomic E-state index is 0.000827. The zero-order valence-electron chi connectivity index (χ0n) is 15.7. The first-order valence-electron chi connectivity index (χ1n) is 9.12. The van der Waals surface area contributed by atoms with Crippen molar-refractivity contribution in [1.82, 2.24) is 15.1 Å². The number of carbonyl (C=O) groups excluding carboxylic acids is 2. The molecule has 0 aromatic heterocycles. The summed E-state index contributed by atoms with van der Waals surface area (Å²) < 4.78 is 10.6. The van der Waals surface area contributed by atoms with E-state index in [4.69, 9.17) is 9.47 Å². The fourth-order valence-electron chi connectivity index (χ4n) is 3.22. The quantitative estimate of drug-likeness (QED) is 0.857. The third-order valence-corrected chi connectivity index (χ3v) is 4.76. The monoisotopic (exact) mass is 361 g/mol. The number of nitrogens with one attached hydrogen (secondary N) is 1. The molecule has 3 rings (SSSR count). The number of fused-ring (bicyclic) bond motifs is 1. The molecule has 0 radical (unpaired) electrons. The van der Waals surface area contributed by atoms with E-state index in [0.29, 0.717) is 42.5 Å². The second-order valence-corrected chi connectivity index (χ2v) is 7.35. The van der Waals surface area contributed by atoms with Gasteiger partial charge in [-0.2, -0.15) is 0 Å². The zero-order valence-corrected chi connectivity index (χ0v) is 15.7. The van der Waals surface area contributed by atoms with E-state index in [1.165, 1.54) is 0 Å². The van der Waals surface area contributed by atoms with Crippen molar-refractivity contribution in [2.45, 2.75) is 26.3 Å². The molecule has 0 saturated carbocycles. The number of hydrogen-bond acceptors (Lipinski definition) is 5. The van der Waals surface area contributed by atoms with Crippen LogP contribution in [0.1, 0.15) is 30.6 Å². The highest BCUT2D eigenvalue weighted by molar-refractivity contribution is 5.98. The van der Waals surface area contributed by atoms with Crippen molar-refractivity contribution in [2.24, 2.45) is 5.92 Å². The minimum Gasteiger partial charge on any atom is -0.454 e. The van der Waals surface area contributed by atoms with Gasteiger partial charge in [0.05, 0.1) is 0 Å². The van der Waals surface area contributed by atoms with Gasteiger partial charge in [0.2, 0.25) is 12.7 Å². The summed E-state index contributed by atoms with van der Waals surface area (Å²) in [6.45, 7) is 7.38. The highest BCUT2D eigenvalue weighted by Gasteiger charge is 2.29. The lowest BCUT2D eigenvalue weighted by Gasteiger charge is -2.35. The van der Waals surface area contributed by atoms with Crippen LogP contribution in [0.2, 0.25) is 0 Å². The molecule has 2 aliphatic heterocycles. The van der Waals surface area contributed by atoms with E-state index in [9.17, 15) is 9.59 Å². The molecule has 7 heteroatoms. The summed E-state index contributed by atoms with van der Waals surface area (Å²) in [6.07, 6.45) is 0.613. The van der Waals surface area contributed by atoms with Crippen LogP contribution in [0.3, 0.4) is 0 Å². The number of benzene rings is 1. The Bertz CT molecular complexity index is 669. The molecule has 0 unspecified atom stereocenters. The van der Waals surface area contributed by atoms with E-state index in [-0.39, 0.29) is 18.6 Å². The van der Waals surface area contributed by atoms with E-state index < -0.39 is 6.04 Å². The smallest absolute Gasteiger partial charge is 0.252 e. The summed E-state index contributed by atoms with van der Waals surface area (Å²) in [5.74, 6) is 1.23. The van der Waals surface area contributed by atoms with Crippen molar-refractivity contribution in [3.8, 4) is 11.5 Å². The predicted octanol–water partition coefficient (Wildman–Crippen LogP) is 1.33. The van der Waals surface area contributed by atoms with Crippen LogP contribution in [0.15, 0.2) is 18.2 Å². The van der Waals surface area contributed by atoms with Gasteiger partial charge in [-0.3, -0.25) is 9.59 Å². The molecule has 1 aromatic carbocycles. The molecule has 1 atom stereocenters. The molecular weight excluding hydrogens is 334 g/mol. The van der Waals surface area contributed by atoms with Gasteiger partial charge in [0.1, 0.15) is 6.04 Å². The molecule has 7 nitrogen and oxygen atoms in total. The van der Waals surface area contributed by atoms with Crippen molar-refractivity contribution in [3.63, 3.8) is 0 Å². The Kier molecular flexibility index (Phi) is 5.66. The molecule has 1 N–H and O–H groups in total. The largest absolute Gasteiger partial charge is 0.454 e. The number of nitrogens with zero attached hydrogens (tertiary/aromatic N) is 2. The molecule has 2 heterocycles. The molecular formula is C19H27N3O4. The number of amides is 2. The third kappa shape index (κ3) is 4.27. The Hall–Kier alpha value is -2.28. The normalized spacial score (nSPS) is 18.1. The summed E-state index contributed by atoms with van der Waals surface area (Å²) in [5.41, 5.74) is 0.467. The molecule has 1 fully saturated rings. The molecule has 0 bridgehead atoms. The van der Waals surface area contributed by atoms with Crippen LogP contribution in [0.4, 0.5) is 0 Å². The summed E-state index contributed by atoms with van der Waals surface area (Å²) >= 11 is 0. The first-order valence-corrected chi connectivity index (χ1v) is 9.12. The second-order valence-electron chi connectivity index (χ2n) is 7.35. The Morgan fingerprint density at radius 1 is 1.12 bits per heavy atom. The Morgan fingerprint density at radius 3 is 2.50 bits per heavy atom. The van der Waals surface area contributed by atoms with Crippen LogP contribution >= 0.6 is 0 Å². The summed E-state index contributed by atoms with van der Waals surface area (Å²) in [7, 11) is 2.05.